The number of phenols is 1. The van der Waals surface area contributed by atoms with Crippen LogP contribution in [0.25, 0.3) is 10.1 Å². The van der Waals surface area contributed by atoms with E-state index in [1.54, 1.807) is 11.3 Å². The average molecular weight is 257 g/mol. The number of benzene rings is 1. The van der Waals surface area contributed by atoms with Crippen molar-refractivity contribution in [1.82, 2.24) is 0 Å². The molecule has 1 aromatic heterocycles. The van der Waals surface area contributed by atoms with Gasteiger partial charge in [-0.2, -0.15) is 0 Å². The molecule has 68 valence electrons. The number of thiophene rings is 1. The first kappa shape index (κ1) is 9.03. The molecular formula is C10H9BrOS. The summed E-state index contributed by atoms with van der Waals surface area (Å²) in [5, 5.41) is 13.6. The van der Waals surface area contributed by atoms with Gasteiger partial charge in [-0.15, -0.1) is 11.3 Å². The number of aromatic hydroxyl groups is 1. The van der Waals surface area contributed by atoms with Gasteiger partial charge in [0.15, 0.2) is 0 Å². The summed E-state index contributed by atoms with van der Waals surface area (Å²) < 4.78 is 1.18. The summed E-state index contributed by atoms with van der Waals surface area (Å²) in [4.78, 5) is 0. The van der Waals surface area contributed by atoms with Crippen LogP contribution < -0.4 is 0 Å². The highest BCUT2D eigenvalue weighted by Crippen LogP contribution is 2.35. The fraction of sp³-hybridized carbons (Fsp3) is 0.200. The Morgan fingerprint density at radius 2 is 2.31 bits per heavy atom. The van der Waals surface area contributed by atoms with Crippen LogP contribution in [0, 0.1) is 6.92 Å². The average Bonchev–Trinajstić information content (AvgIpc) is 2.60. The third-order valence-electron chi connectivity index (χ3n) is 2.12. The monoisotopic (exact) mass is 256 g/mol. The van der Waals surface area contributed by atoms with Crippen LogP contribution >= 0.6 is 27.3 Å². The molecular weight excluding hydrogens is 248 g/mol. The van der Waals surface area contributed by atoms with Gasteiger partial charge in [0.1, 0.15) is 5.75 Å². The highest BCUT2D eigenvalue weighted by molar-refractivity contribution is 9.08. The molecule has 13 heavy (non-hydrogen) atoms. The summed E-state index contributed by atoms with van der Waals surface area (Å²) in [7, 11) is 0. The van der Waals surface area contributed by atoms with E-state index in [4.69, 9.17) is 0 Å². The fourth-order valence-electron chi connectivity index (χ4n) is 1.45. The van der Waals surface area contributed by atoms with Crippen LogP contribution in [-0.4, -0.2) is 5.11 Å². The zero-order valence-corrected chi connectivity index (χ0v) is 9.58. The predicted molar refractivity (Wildman–Crippen MR) is 60.9 cm³/mol. The molecule has 0 spiro atoms. The standard InChI is InChI=1S/C10H9BrOS/c1-6-4-7(5-11)10-8(9(6)12)2-3-13-10/h2-4,12H,5H2,1H3. The minimum atomic E-state index is 0.418. The first-order valence-electron chi connectivity index (χ1n) is 3.98. The lowest BCUT2D eigenvalue weighted by atomic mass is 10.1. The Kier molecular flexibility index (Phi) is 2.30. The number of fused-ring (bicyclic) bond motifs is 1. The van der Waals surface area contributed by atoms with Gasteiger partial charge in [0.2, 0.25) is 0 Å². The van der Waals surface area contributed by atoms with Gasteiger partial charge in [-0.25, -0.2) is 0 Å². The van der Waals surface area contributed by atoms with Gasteiger partial charge < -0.3 is 5.11 Å². The largest absolute Gasteiger partial charge is 0.507 e. The molecule has 1 heterocycles. The summed E-state index contributed by atoms with van der Waals surface area (Å²) in [6.45, 7) is 1.93. The van der Waals surface area contributed by atoms with E-state index in [0.717, 1.165) is 16.3 Å². The topological polar surface area (TPSA) is 20.2 Å². The van der Waals surface area contributed by atoms with Crippen molar-refractivity contribution in [2.24, 2.45) is 0 Å². The van der Waals surface area contributed by atoms with Gasteiger partial charge in [-0.3, -0.25) is 0 Å². The maximum atomic E-state index is 9.76. The molecule has 2 rings (SSSR count). The minimum Gasteiger partial charge on any atom is -0.507 e. The Morgan fingerprint density at radius 1 is 1.54 bits per heavy atom. The van der Waals surface area contributed by atoms with Crippen LogP contribution in [0.15, 0.2) is 17.5 Å². The molecule has 0 saturated heterocycles. The molecule has 0 aliphatic carbocycles. The second-order valence-corrected chi connectivity index (χ2v) is 4.48. The lowest BCUT2D eigenvalue weighted by Crippen LogP contribution is -1.82. The SMILES string of the molecule is Cc1cc(CBr)c2sccc2c1O. The van der Waals surface area contributed by atoms with Crippen LogP contribution in [0.1, 0.15) is 11.1 Å². The van der Waals surface area contributed by atoms with E-state index in [1.165, 1.54) is 10.3 Å². The molecule has 0 unspecified atom stereocenters. The summed E-state index contributed by atoms with van der Waals surface area (Å²) in [5.74, 6) is 0.418. The first-order valence-corrected chi connectivity index (χ1v) is 5.98. The van der Waals surface area contributed by atoms with Crippen molar-refractivity contribution in [3.63, 3.8) is 0 Å². The van der Waals surface area contributed by atoms with Gasteiger partial charge in [-0.1, -0.05) is 22.0 Å². The Balaban J connectivity index is 2.87. The molecule has 0 amide bonds. The van der Waals surface area contributed by atoms with Gasteiger partial charge in [-0.05, 0) is 29.5 Å². The number of aryl methyl sites for hydroxylation is 1. The van der Waals surface area contributed by atoms with E-state index < -0.39 is 0 Å². The van der Waals surface area contributed by atoms with Crippen molar-refractivity contribution >= 4 is 37.4 Å². The third-order valence-corrected chi connectivity index (χ3v) is 3.71. The molecule has 1 nitrogen and oxygen atoms in total. The quantitative estimate of drug-likeness (QED) is 0.770. The van der Waals surface area contributed by atoms with Crippen LogP contribution in [0.5, 0.6) is 5.75 Å². The van der Waals surface area contributed by atoms with Crippen LogP contribution in [0.3, 0.4) is 0 Å². The molecule has 0 atom stereocenters. The van der Waals surface area contributed by atoms with Crippen molar-refractivity contribution in [3.8, 4) is 5.75 Å². The van der Waals surface area contributed by atoms with Crippen molar-refractivity contribution < 1.29 is 5.11 Å². The molecule has 0 aliphatic rings. The van der Waals surface area contributed by atoms with E-state index in [2.05, 4.69) is 15.9 Å². The van der Waals surface area contributed by atoms with Gasteiger partial charge >= 0.3 is 0 Å². The summed E-state index contributed by atoms with van der Waals surface area (Å²) in [6.07, 6.45) is 0. The highest BCUT2D eigenvalue weighted by atomic mass is 79.9. The minimum absolute atomic E-state index is 0.418. The van der Waals surface area contributed by atoms with E-state index in [0.29, 0.717) is 5.75 Å². The Labute approximate surface area is 89.1 Å². The lowest BCUT2D eigenvalue weighted by Gasteiger charge is -2.04. The van der Waals surface area contributed by atoms with Crippen LogP contribution in [0.4, 0.5) is 0 Å². The van der Waals surface area contributed by atoms with Crippen molar-refractivity contribution in [2.75, 3.05) is 0 Å². The number of hydrogen-bond acceptors (Lipinski definition) is 2. The highest BCUT2D eigenvalue weighted by Gasteiger charge is 2.08. The molecule has 0 saturated carbocycles. The molecule has 1 N–H and O–H groups in total. The predicted octanol–water partition coefficient (Wildman–Crippen LogP) is 3.81. The normalized spacial score (nSPS) is 10.9. The van der Waals surface area contributed by atoms with Crippen molar-refractivity contribution in [2.45, 2.75) is 12.3 Å². The molecule has 0 aliphatic heterocycles. The maximum absolute atomic E-state index is 9.76. The number of halogens is 1. The van der Waals surface area contributed by atoms with E-state index in [-0.39, 0.29) is 0 Å². The maximum Gasteiger partial charge on any atom is 0.127 e. The lowest BCUT2D eigenvalue weighted by molar-refractivity contribution is 0.477. The van der Waals surface area contributed by atoms with Gasteiger partial charge in [0.05, 0.1) is 0 Å². The molecule has 0 bridgehead atoms. The Hall–Kier alpha value is -0.540. The number of phenolic OH excluding ortho intramolecular Hbond substituents is 1. The second-order valence-electron chi connectivity index (χ2n) is 3.00. The Bertz CT molecular complexity index is 447. The Morgan fingerprint density at radius 3 is 3.00 bits per heavy atom. The summed E-state index contributed by atoms with van der Waals surface area (Å²) in [6, 6.07) is 4.00. The van der Waals surface area contributed by atoms with Crippen LogP contribution in [-0.2, 0) is 5.33 Å². The van der Waals surface area contributed by atoms with Gasteiger partial charge in [0, 0.05) is 15.4 Å². The molecule has 1 aromatic carbocycles. The van der Waals surface area contributed by atoms with E-state index in [9.17, 15) is 5.11 Å². The summed E-state index contributed by atoms with van der Waals surface area (Å²) in [5.41, 5.74) is 2.20. The zero-order valence-electron chi connectivity index (χ0n) is 7.17. The zero-order chi connectivity index (χ0) is 9.42. The fourth-order valence-corrected chi connectivity index (χ4v) is 2.99. The third kappa shape index (κ3) is 1.36. The summed E-state index contributed by atoms with van der Waals surface area (Å²) >= 11 is 5.12. The molecule has 0 radical (unpaired) electrons. The number of hydrogen-bond donors (Lipinski definition) is 1. The first-order chi connectivity index (χ1) is 6.24. The number of rotatable bonds is 1. The molecule has 2 aromatic rings. The van der Waals surface area contributed by atoms with Crippen molar-refractivity contribution in [1.29, 1.82) is 0 Å². The second kappa shape index (κ2) is 3.31. The van der Waals surface area contributed by atoms with E-state index in [1.807, 2.05) is 24.4 Å². The molecule has 3 heteroatoms. The smallest absolute Gasteiger partial charge is 0.127 e. The van der Waals surface area contributed by atoms with Gasteiger partial charge in [0.25, 0.3) is 0 Å². The molecule has 0 fully saturated rings. The van der Waals surface area contributed by atoms with Crippen LogP contribution in [0.2, 0.25) is 0 Å². The van der Waals surface area contributed by atoms with Crippen molar-refractivity contribution in [3.05, 3.63) is 28.6 Å². The number of alkyl halides is 1. The van der Waals surface area contributed by atoms with E-state index >= 15 is 0 Å².